The molecule has 0 aromatic heterocycles. The van der Waals surface area contributed by atoms with E-state index in [-0.39, 0.29) is 0 Å². The molecule has 0 heterocycles. The Kier molecular flexibility index (Phi) is 5.84. The lowest BCUT2D eigenvalue weighted by Gasteiger charge is -2.16. The number of hydrogen-bond acceptors (Lipinski definition) is 3. The van der Waals surface area contributed by atoms with Crippen LogP contribution >= 0.6 is 23.8 Å². The molecule has 0 bridgehead atoms. The summed E-state index contributed by atoms with van der Waals surface area (Å²) in [7, 11) is 1.66. The topological polar surface area (TPSA) is 45.3 Å². The Hall–Kier alpha value is -2.76. The van der Waals surface area contributed by atoms with Crippen LogP contribution in [0.3, 0.4) is 0 Å². The highest BCUT2D eigenvalue weighted by Gasteiger charge is 2.05. The molecule has 0 fully saturated rings. The number of nitrogens with one attached hydrogen (secondary N) is 3. The number of methoxy groups -OCH3 is 1. The van der Waals surface area contributed by atoms with Crippen LogP contribution in [0.4, 0.5) is 5.69 Å². The fraction of sp³-hybridized carbons (Fsp3) is 0.0952. The lowest BCUT2D eigenvalue weighted by molar-refractivity contribution is 0.415. The average molecular weight is 398 g/mol. The van der Waals surface area contributed by atoms with Crippen LogP contribution in [0.15, 0.2) is 61.2 Å². The number of hydrogen-bond donors (Lipinski definition) is 3. The lowest BCUT2D eigenvalue weighted by Crippen LogP contribution is -2.38. The van der Waals surface area contributed by atoms with Crippen LogP contribution in [-0.2, 0) is 0 Å². The minimum Gasteiger partial charge on any atom is -0.497 e. The lowest BCUT2D eigenvalue weighted by atomic mass is 10.1. The molecule has 0 spiro atoms. The Labute approximate surface area is 169 Å². The van der Waals surface area contributed by atoms with Gasteiger partial charge in [-0.05, 0) is 71.4 Å². The first-order chi connectivity index (χ1) is 13.0. The van der Waals surface area contributed by atoms with Gasteiger partial charge in [-0.25, -0.2) is 0 Å². The fourth-order valence-corrected chi connectivity index (χ4v) is 2.97. The van der Waals surface area contributed by atoms with E-state index in [9.17, 15) is 0 Å². The van der Waals surface area contributed by atoms with Gasteiger partial charge in [0.1, 0.15) is 5.75 Å². The molecule has 6 heteroatoms. The van der Waals surface area contributed by atoms with Crippen LogP contribution in [0.5, 0.6) is 5.75 Å². The van der Waals surface area contributed by atoms with Crippen LogP contribution in [0.1, 0.15) is 11.1 Å². The van der Waals surface area contributed by atoms with Crippen LogP contribution in [-0.4, -0.2) is 12.2 Å². The summed E-state index contributed by atoms with van der Waals surface area (Å²) in [4.78, 5) is 0. The molecule has 0 atom stereocenters. The van der Waals surface area contributed by atoms with Crippen molar-refractivity contribution in [1.29, 1.82) is 0 Å². The fourth-order valence-electron chi connectivity index (χ4n) is 2.64. The SMILES string of the molecule is C=C(NNC(=S)Nc1cccc(Cl)c1C)c1ccc2cc(OC)ccc2c1. The highest BCUT2D eigenvalue weighted by molar-refractivity contribution is 7.80. The molecule has 0 amide bonds. The van der Waals surface area contributed by atoms with E-state index in [1.54, 1.807) is 7.11 Å². The minimum atomic E-state index is 0.423. The van der Waals surface area contributed by atoms with E-state index < -0.39 is 0 Å². The van der Waals surface area contributed by atoms with Gasteiger partial charge in [0.15, 0.2) is 5.11 Å². The molecule has 3 rings (SSSR count). The molecular weight excluding hydrogens is 378 g/mol. The average Bonchev–Trinajstić information content (AvgIpc) is 2.68. The first kappa shape index (κ1) is 19.0. The summed E-state index contributed by atoms with van der Waals surface area (Å²) < 4.78 is 5.26. The summed E-state index contributed by atoms with van der Waals surface area (Å²) in [5.41, 5.74) is 9.44. The molecular formula is C21H20ClN3OS. The van der Waals surface area contributed by atoms with Crippen molar-refractivity contribution in [3.63, 3.8) is 0 Å². The van der Waals surface area contributed by atoms with E-state index in [0.717, 1.165) is 33.3 Å². The molecule has 0 aliphatic carbocycles. The third-order valence-electron chi connectivity index (χ3n) is 4.24. The van der Waals surface area contributed by atoms with E-state index >= 15 is 0 Å². The van der Waals surface area contributed by atoms with Gasteiger partial charge in [0.2, 0.25) is 0 Å². The van der Waals surface area contributed by atoms with Gasteiger partial charge in [0, 0.05) is 10.7 Å². The van der Waals surface area contributed by atoms with Gasteiger partial charge in [-0.15, -0.1) is 0 Å². The number of fused-ring (bicyclic) bond motifs is 1. The second-order valence-electron chi connectivity index (χ2n) is 6.02. The standard InChI is InChI=1S/C21H20ClN3OS/c1-13-19(22)5-4-6-20(13)23-21(27)25-24-14(2)15-7-8-17-12-18(26-3)10-9-16(17)11-15/h4-12,24H,2H2,1,3H3,(H2,23,25,27). The number of rotatable bonds is 5. The molecule has 4 nitrogen and oxygen atoms in total. The molecule has 0 saturated carbocycles. The first-order valence-electron chi connectivity index (χ1n) is 8.33. The third kappa shape index (κ3) is 4.51. The number of hydrazine groups is 1. The van der Waals surface area contributed by atoms with Gasteiger partial charge >= 0.3 is 0 Å². The molecule has 27 heavy (non-hydrogen) atoms. The third-order valence-corrected chi connectivity index (χ3v) is 4.85. The summed E-state index contributed by atoms with van der Waals surface area (Å²) in [5, 5.41) is 6.44. The van der Waals surface area contributed by atoms with Crippen molar-refractivity contribution >= 4 is 51.1 Å². The second kappa shape index (κ2) is 8.29. The number of ether oxygens (including phenoxy) is 1. The Balaban J connectivity index is 1.64. The number of halogens is 1. The molecule has 3 N–H and O–H groups in total. The quantitative estimate of drug-likeness (QED) is 0.404. The molecule has 0 aliphatic rings. The Bertz CT molecular complexity index is 1020. The van der Waals surface area contributed by atoms with E-state index in [1.807, 2.05) is 55.5 Å². The summed E-state index contributed by atoms with van der Waals surface area (Å²) in [6.07, 6.45) is 0. The zero-order valence-electron chi connectivity index (χ0n) is 15.1. The summed E-state index contributed by atoms with van der Waals surface area (Å²) in [6.45, 7) is 6.00. The van der Waals surface area contributed by atoms with Crippen LogP contribution in [0, 0.1) is 6.92 Å². The Morgan fingerprint density at radius 1 is 1.04 bits per heavy atom. The summed E-state index contributed by atoms with van der Waals surface area (Å²) in [5.74, 6) is 0.835. The van der Waals surface area contributed by atoms with Crippen molar-refractivity contribution in [2.24, 2.45) is 0 Å². The molecule has 0 radical (unpaired) electrons. The molecule has 3 aromatic rings. The van der Waals surface area contributed by atoms with Gasteiger partial charge in [-0.2, -0.15) is 0 Å². The van der Waals surface area contributed by atoms with E-state index in [4.69, 9.17) is 28.6 Å². The van der Waals surface area contributed by atoms with Crippen LogP contribution in [0.25, 0.3) is 16.5 Å². The van der Waals surface area contributed by atoms with Crippen LogP contribution in [0.2, 0.25) is 5.02 Å². The summed E-state index contributed by atoms with van der Waals surface area (Å²) >= 11 is 11.5. The zero-order chi connectivity index (χ0) is 19.4. The monoisotopic (exact) mass is 397 g/mol. The van der Waals surface area contributed by atoms with Crippen molar-refractivity contribution < 1.29 is 4.74 Å². The highest BCUT2D eigenvalue weighted by Crippen LogP contribution is 2.24. The van der Waals surface area contributed by atoms with E-state index in [0.29, 0.717) is 15.8 Å². The van der Waals surface area contributed by atoms with E-state index in [1.165, 1.54) is 0 Å². The zero-order valence-corrected chi connectivity index (χ0v) is 16.7. The molecule has 3 aromatic carbocycles. The normalized spacial score (nSPS) is 10.3. The largest absolute Gasteiger partial charge is 0.497 e. The van der Waals surface area contributed by atoms with Crippen molar-refractivity contribution in [1.82, 2.24) is 10.9 Å². The smallest absolute Gasteiger partial charge is 0.189 e. The van der Waals surface area contributed by atoms with Crippen molar-refractivity contribution in [3.05, 3.63) is 77.3 Å². The predicted octanol–water partition coefficient (Wildman–Crippen LogP) is 5.27. The van der Waals surface area contributed by atoms with Gasteiger partial charge in [0.25, 0.3) is 0 Å². The molecule has 0 unspecified atom stereocenters. The van der Waals surface area contributed by atoms with Gasteiger partial charge in [-0.3, -0.25) is 10.9 Å². The van der Waals surface area contributed by atoms with Crippen LogP contribution < -0.4 is 20.9 Å². The van der Waals surface area contributed by atoms with Gasteiger partial charge in [-0.1, -0.05) is 42.4 Å². The maximum absolute atomic E-state index is 6.13. The highest BCUT2D eigenvalue weighted by atomic mass is 35.5. The second-order valence-corrected chi connectivity index (χ2v) is 6.84. The maximum Gasteiger partial charge on any atom is 0.189 e. The van der Waals surface area contributed by atoms with Crippen molar-refractivity contribution in [3.8, 4) is 5.75 Å². The number of anilines is 1. The van der Waals surface area contributed by atoms with E-state index in [2.05, 4.69) is 28.8 Å². The molecule has 0 saturated heterocycles. The van der Waals surface area contributed by atoms with Crippen molar-refractivity contribution in [2.75, 3.05) is 12.4 Å². The van der Waals surface area contributed by atoms with Gasteiger partial charge in [0.05, 0.1) is 12.8 Å². The molecule has 0 aliphatic heterocycles. The Morgan fingerprint density at radius 3 is 2.56 bits per heavy atom. The maximum atomic E-state index is 6.13. The number of thiocarbonyl (C=S) groups is 1. The summed E-state index contributed by atoms with van der Waals surface area (Å²) in [6, 6.07) is 17.7. The minimum absolute atomic E-state index is 0.423. The number of benzene rings is 3. The predicted molar refractivity (Wildman–Crippen MR) is 118 cm³/mol. The Morgan fingerprint density at radius 2 is 1.78 bits per heavy atom. The molecule has 138 valence electrons. The van der Waals surface area contributed by atoms with Crippen molar-refractivity contribution in [2.45, 2.75) is 6.92 Å². The first-order valence-corrected chi connectivity index (χ1v) is 9.12. The van der Waals surface area contributed by atoms with Gasteiger partial charge < -0.3 is 10.1 Å².